The molecule has 2 aromatic carbocycles. The zero-order chi connectivity index (χ0) is 17.4. The molecule has 0 heterocycles. The van der Waals surface area contributed by atoms with Crippen LogP contribution in [0.4, 0.5) is 14.5 Å². The van der Waals surface area contributed by atoms with Crippen molar-refractivity contribution in [3.63, 3.8) is 0 Å². The van der Waals surface area contributed by atoms with Crippen LogP contribution in [0.25, 0.3) is 0 Å². The predicted molar refractivity (Wildman–Crippen MR) is 81.6 cm³/mol. The number of rotatable bonds is 3. The Morgan fingerprint density at radius 2 is 1.61 bits per heavy atom. The molecule has 0 fully saturated rings. The molecule has 0 spiro atoms. The van der Waals surface area contributed by atoms with E-state index in [-0.39, 0.29) is 16.1 Å². The van der Waals surface area contributed by atoms with Crippen molar-refractivity contribution in [1.82, 2.24) is 0 Å². The van der Waals surface area contributed by atoms with Crippen LogP contribution < -0.4 is 10.5 Å². The SMILES string of the molecule is Cc1cc(S(N)(=O)=O)cc(NC(=O)c2cc(F)cc(F)c2)c1C. The fraction of sp³-hybridized carbons (Fsp3) is 0.133. The lowest BCUT2D eigenvalue weighted by Gasteiger charge is -2.13. The molecular weight excluding hydrogens is 326 g/mol. The molecule has 0 radical (unpaired) electrons. The van der Waals surface area contributed by atoms with Gasteiger partial charge in [0.25, 0.3) is 5.91 Å². The molecule has 0 bridgehead atoms. The van der Waals surface area contributed by atoms with Gasteiger partial charge in [-0.05, 0) is 49.2 Å². The fourth-order valence-electron chi connectivity index (χ4n) is 2.00. The Balaban J connectivity index is 2.43. The second-order valence-electron chi connectivity index (χ2n) is 5.07. The van der Waals surface area contributed by atoms with Gasteiger partial charge in [0.05, 0.1) is 4.90 Å². The third kappa shape index (κ3) is 3.91. The number of halogens is 2. The van der Waals surface area contributed by atoms with E-state index in [1.54, 1.807) is 13.8 Å². The van der Waals surface area contributed by atoms with Gasteiger partial charge in [0.15, 0.2) is 0 Å². The number of amides is 1. The first-order valence-corrected chi connectivity index (χ1v) is 8.04. The van der Waals surface area contributed by atoms with E-state index >= 15 is 0 Å². The van der Waals surface area contributed by atoms with E-state index in [0.717, 1.165) is 12.1 Å². The molecule has 2 aromatic rings. The Morgan fingerprint density at radius 3 is 2.13 bits per heavy atom. The summed E-state index contributed by atoms with van der Waals surface area (Å²) >= 11 is 0. The molecule has 2 rings (SSSR count). The van der Waals surface area contributed by atoms with Crippen LogP contribution in [0, 0.1) is 25.5 Å². The molecule has 122 valence electrons. The van der Waals surface area contributed by atoms with Crippen molar-refractivity contribution >= 4 is 21.6 Å². The van der Waals surface area contributed by atoms with Crippen molar-refractivity contribution in [1.29, 1.82) is 0 Å². The number of sulfonamides is 1. The molecule has 3 N–H and O–H groups in total. The third-order valence-electron chi connectivity index (χ3n) is 3.34. The topological polar surface area (TPSA) is 89.3 Å². The minimum Gasteiger partial charge on any atom is -0.322 e. The monoisotopic (exact) mass is 340 g/mol. The number of benzene rings is 2. The number of primary sulfonamides is 1. The summed E-state index contributed by atoms with van der Waals surface area (Å²) in [5.74, 6) is -2.54. The van der Waals surface area contributed by atoms with Gasteiger partial charge in [-0.2, -0.15) is 0 Å². The predicted octanol–water partition coefficient (Wildman–Crippen LogP) is 2.48. The summed E-state index contributed by atoms with van der Waals surface area (Å²) in [5.41, 5.74) is 1.18. The average molecular weight is 340 g/mol. The average Bonchev–Trinajstić information content (AvgIpc) is 2.41. The molecule has 0 saturated carbocycles. The maximum Gasteiger partial charge on any atom is 0.255 e. The number of carbonyl (C=O) groups is 1. The molecule has 8 heteroatoms. The molecule has 1 amide bonds. The van der Waals surface area contributed by atoms with Crippen LogP contribution in [0.2, 0.25) is 0 Å². The summed E-state index contributed by atoms with van der Waals surface area (Å²) in [6, 6.07) is 4.98. The molecule has 0 unspecified atom stereocenters. The second kappa shape index (κ2) is 6.05. The quantitative estimate of drug-likeness (QED) is 0.899. The van der Waals surface area contributed by atoms with Gasteiger partial charge in [0.1, 0.15) is 11.6 Å². The van der Waals surface area contributed by atoms with Gasteiger partial charge in [-0.3, -0.25) is 4.79 Å². The molecule has 0 aliphatic rings. The Morgan fingerprint density at radius 1 is 1.04 bits per heavy atom. The summed E-state index contributed by atoms with van der Waals surface area (Å²) in [6.07, 6.45) is 0. The summed E-state index contributed by atoms with van der Waals surface area (Å²) in [5, 5.41) is 7.53. The van der Waals surface area contributed by atoms with E-state index < -0.39 is 27.6 Å². The van der Waals surface area contributed by atoms with E-state index in [0.29, 0.717) is 17.2 Å². The van der Waals surface area contributed by atoms with Crippen LogP contribution in [0.1, 0.15) is 21.5 Å². The fourth-order valence-corrected chi connectivity index (χ4v) is 2.62. The zero-order valence-corrected chi connectivity index (χ0v) is 13.2. The molecule has 0 saturated heterocycles. The van der Waals surface area contributed by atoms with Gasteiger partial charge >= 0.3 is 0 Å². The highest BCUT2D eigenvalue weighted by Crippen LogP contribution is 2.24. The van der Waals surface area contributed by atoms with Gasteiger partial charge in [0.2, 0.25) is 10.0 Å². The number of anilines is 1. The van der Waals surface area contributed by atoms with E-state index in [1.165, 1.54) is 12.1 Å². The van der Waals surface area contributed by atoms with Crippen LogP contribution in [-0.4, -0.2) is 14.3 Å². The number of nitrogens with one attached hydrogen (secondary N) is 1. The van der Waals surface area contributed by atoms with Gasteiger partial charge in [-0.15, -0.1) is 0 Å². The van der Waals surface area contributed by atoms with Crippen LogP contribution in [0.3, 0.4) is 0 Å². The van der Waals surface area contributed by atoms with Crippen LogP contribution in [0.15, 0.2) is 35.2 Å². The summed E-state index contributed by atoms with van der Waals surface area (Å²) in [6.45, 7) is 3.32. The summed E-state index contributed by atoms with van der Waals surface area (Å²) in [7, 11) is -3.95. The summed E-state index contributed by atoms with van der Waals surface area (Å²) < 4.78 is 49.3. The lowest BCUT2D eigenvalue weighted by atomic mass is 10.1. The van der Waals surface area contributed by atoms with Crippen molar-refractivity contribution < 1.29 is 22.0 Å². The van der Waals surface area contributed by atoms with Crippen molar-refractivity contribution in [2.24, 2.45) is 5.14 Å². The lowest BCUT2D eigenvalue weighted by Crippen LogP contribution is -2.16. The number of carbonyl (C=O) groups excluding carboxylic acids is 1. The molecule has 0 atom stereocenters. The van der Waals surface area contributed by atoms with Crippen LogP contribution in [0.5, 0.6) is 0 Å². The molecule has 5 nitrogen and oxygen atoms in total. The van der Waals surface area contributed by atoms with Gasteiger partial charge in [-0.1, -0.05) is 0 Å². The smallest absolute Gasteiger partial charge is 0.255 e. The number of hydrogen-bond acceptors (Lipinski definition) is 3. The third-order valence-corrected chi connectivity index (χ3v) is 4.24. The highest BCUT2D eigenvalue weighted by atomic mass is 32.2. The Hall–Kier alpha value is -2.32. The largest absolute Gasteiger partial charge is 0.322 e. The normalized spacial score (nSPS) is 11.3. The number of hydrogen-bond donors (Lipinski definition) is 2. The molecule has 0 aliphatic carbocycles. The first-order chi connectivity index (χ1) is 10.6. The van der Waals surface area contributed by atoms with E-state index in [1.807, 2.05) is 0 Å². The highest BCUT2D eigenvalue weighted by molar-refractivity contribution is 7.89. The first-order valence-electron chi connectivity index (χ1n) is 6.49. The van der Waals surface area contributed by atoms with Gasteiger partial charge in [0, 0.05) is 17.3 Å². The Kier molecular flexibility index (Phi) is 4.49. The van der Waals surface area contributed by atoms with Crippen molar-refractivity contribution in [2.45, 2.75) is 18.7 Å². The zero-order valence-electron chi connectivity index (χ0n) is 12.4. The van der Waals surface area contributed by atoms with Crippen molar-refractivity contribution in [3.05, 3.63) is 58.7 Å². The van der Waals surface area contributed by atoms with Gasteiger partial charge in [-0.25, -0.2) is 22.3 Å². The molecule has 0 aliphatic heterocycles. The van der Waals surface area contributed by atoms with Crippen LogP contribution >= 0.6 is 0 Å². The minimum atomic E-state index is -3.95. The lowest BCUT2D eigenvalue weighted by molar-refractivity contribution is 0.102. The first kappa shape index (κ1) is 17.0. The standard InChI is InChI=1S/C15H14F2N2O3S/c1-8-3-13(23(18,21)22)7-14(9(8)2)19-15(20)10-4-11(16)6-12(17)5-10/h3-7H,1-2H3,(H,19,20)(H2,18,21,22). The Labute approximate surface area is 132 Å². The minimum absolute atomic E-state index is 0.165. The van der Waals surface area contributed by atoms with Gasteiger partial charge < -0.3 is 5.32 Å². The molecule has 23 heavy (non-hydrogen) atoms. The maximum atomic E-state index is 13.2. The second-order valence-corrected chi connectivity index (χ2v) is 6.63. The number of aryl methyl sites for hydroxylation is 1. The Bertz CT molecular complexity index is 876. The molecular formula is C15H14F2N2O3S. The molecule has 0 aromatic heterocycles. The number of nitrogens with two attached hydrogens (primary N) is 1. The summed E-state index contributed by atoms with van der Waals surface area (Å²) in [4.78, 5) is 12.0. The van der Waals surface area contributed by atoms with E-state index in [4.69, 9.17) is 5.14 Å². The van der Waals surface area contributed by atoms with Crippen molar-refractivity contribution in [3.8, 4) is 0 Å². The van der Waals surface area contributed by atoms with Crippen LogP contribution in [-0.2, 0) is 10.0 Å². The van der Waals surface area contributed by atoms with Crippen molar-refractivity contribution in [2.75, 3.05) is 5.32 Å². The van der Waals surface area contributed by atoms with E-state index in [2.05, 4.69) is 5.32 Å². The maximum absolute atomic E-state index is 13.2. The van der Waals surface area contributed by atoms with E-state index in [9.17, 15) is 22.0 Å². The highest BCUT2D eigenvalue weighted by Gasteiger charge is 2.16.